The SMILES string of the molecule is Nc1cc(-c2cccnc2)ccc1Nc1ncccc1N. The van der Waals surface area contributed by atoms with Gasteiger partial charge >= 0.3 is 0 Å². The molecule has 1 aromatic carbocycles. The summed E-state index contributed by atoms with van der Waals surface area (Å²) in [6, 6.07) is 13.3. The van der Waals surface area contributed by atoms with Crippen molar-refractivity contribution in [2.24, 2.45) is 0 Å². The molecule has 0 saturated heterocycles. The number of nitrogens with two attached hydrogens (primary N) is 2. The Morgan fingerprint density at radius 3 is 2.43 bits per heavy atom. The quantitative estimate of drug-likeness (QED) is 0.640. The number of nitrogens with zero attached hydrogens (tertiary/aromatic N) is 2. The fourth-order valence-electron chi connectivity index (χ4n) is 2.04. The third-order valence-electron chi connectivity index (χ3n) is 3.14. The molecule has 3 rings (SSSR count). The number of hydrogen-bond acceptors (Lipinski definition) is 5. The van der Waals surface area contributed by atoms with E-state index in [9.17, 15) is 0 Å². The second-order valence-corrected chi connectivity index (χ2v) is 4.61. The largest absolute Gasteiger partial charge is 0.397 e. The van der Waals surface area contributed by atoms with E-state index in [2.05, 4.69) is 15.3 Å². The van der Waals surface area contributed by atoms with Gasteiger partial charge in [-0.3, -0.25) is 4.98 Å². The molecule has 0 amide bonds. The highest BCUT2D eigenvalue weighted by atomic mass is 15.0. The highest BCUT2D eigenvalue weighted by Crippen LogP contribution is 2.29. The first kappa shape index (κ1) is 12.9. The maximum atomic E-state index is 6.11. The molecule has 0 spiro atoms. The average Bonchev–Trinajstić information content (AvgIpc) is 2.52. The third kappa shape index (κ3) is 2.76. The maximum Gasteiger partial charge on any atom is 0.153 e. The summed E-state index contributed by atoms with van der Waals surface area (Å²) in [5.41, 5.74) is 16.0. The van der Waals surface area contributed by atoms with Crippen LogP contribution in [-0.2, 0) is 0 Å². The number of aromatic nitrogens is 2. The highest BCUT2D eigenvalue weighted by molar-refractivity contribution is 5.80. The van der Waals surface area contributed by atoms with Crippen LogP contribution in [0.3, 0.4) is 0 Å². The Kier molecular flexibility index (Phi) is 3.39. The van der Waals surface area contributed by atoms with Crippen LogP contribution in [0.4, 0.5) is 22.9 Å². The molecule has 3 aromatic rings. The van der Waals surface area contributed by atoms with Crippen molar-refractivity contribution in [2.45, 2.75) is 0 Å². The molecule has 21 heavy (non-hydrogen) atoms. The van der Waals surface area contributed by atoms with Crippen LogP contribution in [0.25, 0.3) is 11.1 Å². The molecule has 0 fully saturated rings. The Morgan fingerprint density at radius 1 is 0.857 bits per heavy atom. The zero-order valence-electron chi connectivity index (χ0n) is 11.3. The number of nitrogens with one attached hydrogen (secondary N) is 1. The van der Waals surface area contributed by atoms with Crippen LogP contribution in [0.1, 0.15) is 0 Å². The summed E-state index contributed by atoms with van der Waals surface area (Å²) < 4.78 is 0. The van der Waals surface area contributed by atoms with Gasteiger partial charge in [-0.15, -0.1) is 0 Å². The van der Waals surface area contributed by atoms with Gasteiger partial charge in [-0.2, -0.15) is 0 Å². The summed E-state index contributed by atoms with van der Waals surface area (Å²) in [5.74, 6) is 0.596. The van der Waals surface area contributed by atoms with Gasteiger partial charge in [-0.25, -0.2) is 4.98 Å². The zero-order chi connectivity index (χ0) is 14.7. The second-order valence-electron chi connectivity index (χ2n) is 4.61. The van der Waals surface area contributed by atoms with E-state index in [0.717, 1.165) is 16.8 Å². The first-order valence-electron chi connectivity index (χ1n) is 6.51. The minimum Gasteiger partial charge on any atom is -0.397 e. The van der Waals surface area contributed by atoms with Crippen molar-refractivity contribution in [1.82, 2.24) is 9.97 Å². The molecule has 0 saturated carbocycles. The van der Waals surface area contributed by atoms with Crippen LogP contribution in [0, 0.1) is 0 Å². The lowest BCUT2D eigenvalue weighted by Gasteiger charge is -2.11. The maximum absolute atomic E-state index is 6.11. The van der Waals surface area contributed by atoms with Crippen LogP contribution in [0.2, 0.25) is 0 Å². The molecule has 0 radical (unpaired) electrons. The fraction of sp³-hybridized carbons (Fsp3) is 0. The fourth-order valence-corrected chi connectivity index (χ4v) is 2.04. The normalized spacial score (nSPS) is 10.3. The summed E-state index contributed by atoms with van der Waals surface area (Å²) in [4.78, 5) is 8.30. The van der Waals surface area contributed by atoms with Gasteiger partial charge in [-0.05, 0) is 35.9 Å². The van der Waals surface area contributed by atoms with E-state index in [1.54, 1.807) is 30.7 Å². The van der Waals surface area contributed by atoms with Crippen molar-refractivity contribution < 1.29 is 0 Å². The Morgan fingerprint density at radius 2 is 1.71 bits per heavy atom. The Labute approximate surface area is 122 Å². The van der Waals surface area contributed by atoms with E-state index >= 15 is 0 Å². The molecule has 104 valence electrons. The Hall–Kier alpha value is -3.08. The van der Waals surface area contributed by atoms with Crippen molar-refractivity contribution >= 4 is 22.9 Å². The first-order chi connectivity index (χ1) is 10.2. The molecular weight excluding hydrogens is 262 g/mol. The molecule has 5 heteroatoms. The topological polar surface area (TPSA) is 89.8 Å². The summed E-state index contributed by atoms with van der Waals surface area (Å²) in [6.07, 6.45) is 5.23. The van der Waals surface area contributed by atoms with Gasteiger partial charge in [0.15, 0.2) is 5.82 Å². The Bertz CT molecular complexity index is 756. The highest BCUT2D eigenvalue weighted by Gasteiger charge is 2.05. The van der Waals surface area contributed by atoms with Crippen molar-refractivity contribution in [3.05, 3.63) is 61.1 Å². The lowest BCUT2D eigenvalue weighted by Crippen LogP contribution is -2.01. The van der Waals surface area contributed by atoms with Crippen LogP contribution >= 0.6 is 0 Å². The third-order valence-corrected chi connectivity index (χ3v) is 3.14. The minimum atomic E-state index is 0.577. The van der Waals surface area contributed by atoms with Gasteiger partial charge in [-0.1, -0.05) is 12.1 Å². The summed E-state index contributed by atoms with van der Waals surface area (Å²) in [6.45, 7) is 0. The van der Waals surface area contributed by atoms with Gasteiger partial charge in [0.25, 0.3) is 0 Å². The van der Waals surface area contributed by atoms with Crippen LogP contribution in [-0.4, -0.2) is 9.97 Å². The molecule has 0 bridgehead atoms. The van der Waals surface area contributed by atoms with Crippen molar-refractivity contribution in [3.8, 4) is 11.1 Å². The van der Waals surface area contributed by atoms with Crippen molar-refractivity contribution in [1.29, 1.82) is 0 Å². The van der Waals surface area contributed by atoms with E-state index in [4.69, 9.17) is 11.5 Å². The molecule has 0 unspecified atom stereocenters. The monoisotopic (exact) mass is 277 g/mol. The number of benzene rings is 1. The molecule has 5 nitrogen and oxygen atoms in total. The summed E-state index contributed by atoms with van der Waals surface area (Å²) in [5, 5.41) is 3.14. The number of nitrogen functional groups attached to an aromatic ring is 2. The Balaban J connectivity index is 1.90. The predicted octanol–water partition coefficient (Wildman–Crippen LogP) is 3.05. The molecule has 2 aromatic heterocycles. The van der Waals surface area contributed by atoms with Gasteiger partial charge in [0.2, 0.25) is 0 Å². The van der Waals surface area contributed by atoms with Crippen LogP contribution < -0.4 is 16.8 Å². The molecule has 0 aliphatic heterocycles. The van der Waals surface area contributed by atoms with Gasteiger partial charge in [0.05, 0.1) is 17.1 Å². The van der Waals surface area contributed by atoms with E-state index in [0.29, 0.717) is 17.2 Å². The summed E-state index contributed by atoms with van der Waals surface area (Å²) in [7, 11) is 0. The van der Waals surface area contributed by atoms with Crippen LogP contribution in [0.5, 0.6) is 0 Å². The minimum absolute atomic E-state index is 0.577. The molecular formula is C16H15N5. The van der Waals surface area contributed by atoms with Crippen LogP contribution in [0.15, 0.2) is 61.1 Å². The molecule has 2 heterocycles. The lowest BCUT2D eigenvalue weighted by atomic mass is 10.1. The lowest BCUT2D eigenvalue weighted by molar-refractivity contribution is 1.31. The molecule has 0 aliphatic carbocycles. The van der Waals surface area contributed by atoms with E-state index in [1.165, 1.54) is 0 Å². The number of hydrogen-bond donors (Lipinski definition) is 3. The van der Waals surface area contributed by atoms with Crippen molar-refractivity contribution in [2.75, 3.05) is 16.8 Å². The predicted molar refractivity (Wildman–Crippen MR) is 86.0 cm³/mol. The smallest absolute Gasteiger partial charge is 0.153 e. The zero-order valence-corrected chi connectivity index (χ0v) is 11.3. The van der Waals surface area contributed by atoms with E-state index in [-0.39, 0.29) is 0 Å². The summed E-state index contributed by atoms with van der Waals surface area (Å²) >= 11 is 0. The average molecular weight is 277 g/mol. The number of rotatable bonds is 3. The van der Waals surface area contributed by atoms with Gasteiger partial charge in [0.1, 0.15) is 0 Å². The number of pyridine rings is 2. The molecule has 0 aliphatic rings. The standard InChI is InChI=1S/C16H15N5/c17-13-4-2-8-20-16(13)21-15-6-5-11(9-14(15)18)12-3-1-7-19-10-12/h1-10H,17-18H2,(H,20,21). The molecule has 0 atom stereocenters. The van der Waals surface area contributed by atoms with E-state index in [1.807, 2.05) is 30.3 Å². The molecule has 5 N–H and O–H groups in total. The first-order valence-corrected chi connectivity index (χ1v) is 6.51. The van der Waals surface area contributed by atoms with Gasteiger partial charge in [0, 0.05) is 24.2 Å². The van der Waals surface area contributed by atoms with E-state index < -0.39 is 0 Å². The van der Waals surface area contributed by atoms with Gasteiger partial charge < -0.3 is 16.8 Å². The van der Waals surface area contributed by atoms with Crippen molar-refractivity contribution in [3.63, 3.8) is 0 Å². The second kappa shape index (κ2) is 5.50. The number of anilines is 4.